The first-order chi connectivity index (χ1) is 15.1. The quantitative estimate of drug-likeness (QED) is 0.566. The van der Waals surface area contributed by atoms with E-state index < -0.39 is 0 Å². The molecule has 7 nitrogen and oxygen atoms in total. The van der Waals surface area contributed by atoms with Crippen LogP contribution in [0.4, 0.5) is 5.69 Å². The van der Waals surface area contributed by atoms with Crippen molar-refractivity contribution in [3.05, 3.63) is 61.1 Å². The van der Waals surface area contributed by atoms with Gasteiger partial charge in [-0.1, -0.05) is 16.8 Å². The maximum Gasteiger partial charge on any atom is 0.182 e. The minimum absolute atomic E-state index is 0.0684. The van der Waals surface area contributed by atoms with Crippen molar-refractivity contribution < 1.29 is 14.4 Å². The molecular weight excluding hydrogens is 436 g/mol. The number of aliphatic imine (C=N–C) groups is 2. The third-order valence-corrected chi connectivity index (χ3v) is 6.95. The molecular formula is C22H21ClN4O3S. The Balaban J connectivity index is 1.56. The number of hydrogen-bond acceptors (Lipinski definition) is 8. The summed E-state index contributed by atoms with van der Waals surface area (Å²) in [4.78, 5) is 10.3. The van der Waals surface area contributed by atoms with E-state index >= 15 is 0 Å². The van der Waals surface area contributed by atoms with Gasteiger partial charge in [0.05, 0.1) is 28.6 Å². The molecule has 0 amide bonds. The molecule has 0 saturated carbocycles. The first kappa shape index (κ1) is 20.4. The molecule has 3 aromatic rings. The van der Waals surface area contributed by atoms with E-state index in [4.69, 9.17) is 20.9 Å². The van der Waals surface area contributed by atoms with Gasteiger partial charge in [-0.25, -0.2) is 0 Å². The summed E-state index contributed by atoms with van der Waals surface area (Å²) in [6.07, 6.45) is 1.22. The van der Waals surface area contributed by atoms with Crippen molar-refractivity contribution in [1.29, 1.82) is 0 Å². The molecule has 1 aromatic carbocycles. The van der Waals surface area contributed by atoms with E-state index in [9.17, 15) is 5.11 Å². The Bertz CT molecular complexity index is 1200. The molecule has 1 atom stereocenters. The number of halogens is 1. The summed E-state index contributed by atoms with van der Waals surface area (Å²) in [5.41, 5.74) is 5.25. The lowest BCUT2D eigenvalue weighted by Gasteiger charge is -2.15. The van der Waals surface area contributed by atoms with Gasteiger partial charge in [-0.05, 0) is 24.9 Å². The molecule has 0 spiro atoms. The Morgan fingerprint density at radius 1 is 1.42 bits per heavy atom. The van der Waals surface area contributed by atoms with E-state index in [1.807, 2.05) is 18.2 Å². The molecule has 5 rings (SSSR count). The van der Waals surface area contributed by atoms with Gasteiger partial charge in [0.15, 0.2) is 11.9 Å². The molecule has 9 heteroatoms. The number of aliphatic hydroxyl groups excluding tert-OH is 1. The molecule has 160 valence electrons. The maximum absolute atomic E-state index is 9.57. The maximum atomic E-state index is 9.57. The highest BCUT2D eigenvalue weighted by Gasteiger charge is 2.35. The molecule has 0 saturated heterocycles. The van der Waals surface area contributed by atoms with Gasteiger partial charge in [-0.15, -0.1) is 11.3 Å². The summed E-state index contributed by atoms with van der Waals surface area (Å²) in [5.74, 6) is 1.50. The zero-order valence-corrected chi connectivity index (χ0v) is 18.5. The molecule has 2 aliphatic rings. The number of aliphatic hydroxyl groups is 1. The van der Waals surface area contributed by atoms with E-state index in [0.717, 1.165) is 63.2 Å². The predicted octanol–water partition coefficient (Wildman–Crippen LogP) is 4.00. The standard InChI is InChI=1S/C22H21ClN4O3S/c1-24-17-8-13(10-28)31-22(17)19(25-2)14-7-12(23)5-11-6-18(29-20(11)14)21-15-9-26-4-3-16(15)27-30-21/h5,7-8,18,26,28H,1,3-4,6,9-10H2,2H3/b25-19-. The average molecular weight is 457 g/mol. The molecule has 2 N–H and O–H groups in total. The van der Waals surface area contributed by atoms with Gasteiger partial charge in [-0.3, -0.25) is 9.98 Å². The SMILES string of the molecule is C=Nc1cc(CO)sc1/C(=N\C)c1cc(Cl)cc2c1OC(c1onc3c1CNCC3)C2. The number of nitrogens with zero attached hydrogens (tertiary/aromatic N) is 3. The Morgan fingerprint density at radius 2 is 2.29 bits per heavy atom. The van der Waals surface area contributed by atoms with Crippen LogP contribution in [0.5, 0.6) is 5.75 Å². The Labute approximate surface area is 188 Å². The Kier molecular flexibility index (Phi) is 5.39. The average Bonchev–Trinajstić information content (AvgIpc) is 3.50. The minimum Gasteiger partial charge on any atom is -0.481 e. The van der Waals surface area contributed by atoms with Crippen LogP contribution in [0.2, 0.25) is 5.02 Å². The summed E-state index contributed by atoms with van der Waals surface area (Å²) >= 11 is 7.91. The second-order valence-electron chi connectivity index (χ2n) is 7.47. The molecule has 2 aromatic heterocycles. The van der Waals surface area contributed by atoms with Crippen LogP contribution in [0.1, 0.15) is 44.0 Å². The summed E-state index contributed by atoms with van der Waals surface area (Å²) in [6, 6.07) is 5.60. The van der Waals surface area contributed by atoms with Gasteiger partial charge in [0, 0.05) is 59.6 Å². The summed E-state index contributed by atoms with van der Waals surface area (Å²) < 4.78 is 12.1. The van der Waals surface area contributed by atoms with Gasteiger partial charge >= 0.3 is 0 Å². The number of ether oxygens (including phenoxy) is 1. The molecule has 1 unspecified atom stereocenters. The normalized spacial score (nSPS) is 17.9. The number of benzene rings is 1. The number of hydrogen-bond donors (Lipinski definition) is 2. The number of fused-ring (bicyclic) bond motifs is 2. The highest BCUT2D eigenvalue weighted by atomic mass is 35.5. The van der Waals surface area contributed by atoms with Gasteiger partial charge in [0.25, 0.3) is 0 Å². The van der Waals surface area contributed by atoms with Crippen molar-refractivity contribution in [2.45, 2.75) is 32.1 Å². The van der Waals surface area contributed by atoms with Crippen LogP contribution in [0, 0.1) is 0 Å². The van der Waals surface area contributed by atoms with Crippen molar-refractivity contribution in [3.8, 4) is 5.75 Å². The van der Waals surface area contributed by atoms with Crippen molar-refractivity contribution in [2.24, 2.45) is 9.98 Å². The first-order valence-corrected chi connectivity index (χ1v) is 11.2. The van der Waals surface area contributed by atoms with E-state index in [2.05, 4.69) is 27.2 Å². The fraction of sp³-hybridized carbons (Fsp3) is 0.318. The van der Waals surface area contributed by atoms with Gasteiger partial charge < -0.3 is 19.7 Å². The van der Waals surface area contributed by atoms with Crippen LogP contribution in [-0.2, 0) is 26.0 Å². The molecule has 2 aliphatic heterocycles. The second kappa shape index (κ2) is 8.20. The lowest BCUT2D eigenvalue weighted by molar-refractivity contribution is 0.188. The Morgan fingerprint density at radius 3 is 3.06 bits per heavy atom. The first-order valence-electron chi connectivity index (χ1n) is 9.97. The smallest absolute Gasteiger partial charge is 0.182 e. The number of thiophene rings is 1. The Hall–Kier alpha value is -2.52. The van der Waals surface area contributed by atoms with Gasteiger partial charge in [0.2, 0.25) is 0 Å². The lowest BCUT2D eigenvalue weighted by Crippen LogP contribution is -2.24. The zero-order valence-electron chi connectivity index (χ0n) is 16.9. The summed E-state index contributed by atoms with van der Waals surface area (Å²) in [7, 11) is 1.72. The zero-order chi connectivity index (χ0) is 21.5. The van der Waals surface area contributed by atoms with E-state index in [1.165, 1.54) is 11.3 Å². The fourth-order valence-electron chi connectivity index (χ4n) is 4.20. The highest BCUT2D eigenvalue weighted by molar-refractivity contribution is 7.15. The monoisotopic (exact) mass is 456 g/mol. The molecule has 0 aliphatic carbocycles. The molecule has 31 heavy (non-hydrogen) atoms. The van der Waals surface area contributed by atoms with Crippen LogP contribution in [-0.4, -0.2) is 36.3 Å². The molecule has 0 radical (unpaired) electrons. The highest BCUT2D eigenvalue weighted by Crippen LogP contribution is 2.44. The molecule has 0 fully saturated rings. The van der Waals surface area contributed by atoms with Crippen LogP contribution in [0.25, 0.3) is 0 Å². The van der Waals surface area contributed by atoms with Crippen molar-refractivity contribution >= 4 is 41.1 Å². The fourth-order valence-corrected chi connectivity index (χ4v) is 5.47. The predicted molar refractivity (Wildman–Crippen MR) is 121 cm³/mol. The van der Waals surface area contributed by atoms with Crippen molar-refractivity contribution in [3.63, 3.8) is 0 Å². The molecule has 0 bridgehead atoms. The largest absolute Gasteiger partial charge is 0.481 e. The summed E-state index contributed by atoms with van der Waals surface area (Å²) in [5, 5.41) is 17.8. The summed E-state index contributed by atoms with van der Waals surface area (Å²) in [6.45, 7) is 5.22. The number of nitrogens with one attached hydrogen (secondary N) is 1. The lowest BCUT2D eigenvalue weighted by atomic mass is 9.99. The van der Waals surface area contributed by atoms with Crippen LogP contribution in [0.15, 0.2) is 32.7 Å². The van der Waals surface area contributed by atoms with Gasteiger partial charge in [0.1, 0.15) is 5.75 Å². The van der Waals surface area contributed by atoms with Crippen molar-refractivity contribution in [1.82, 2.24) is 10.5 Å². The number of aromatic nitrogens is 1. The van der Waals surface area contributed by atoms with Gasteiger partial charge in [-0.2, -0.15) is 0 Å². The van der Waals surface area contributed by atoms with Crippen LogP contribution < -0.4 is 10.1 Å². The second-order valence-corrected chi connectivity index (χ2v) is 9.04. The molecule has 4 heterocycles. The van der Waals surface area contributed by atoms with Crippen molar-refractivity contribution in [2.75, 3.05) is 13.6 Å². The van der Waals surface area contributed by atoms with Crippen LogP contribution >= 0.6 is 22.9 Å². The van der Waals surface area contributed by atoms with E-state index in [0.29, 0.717) is 22.8 Å². The van der Waals surface area contributed by atoms with E-state index in [1.54, 1.807) is 7.05 Å². The topological polar surface area (TPSA) is 92.2 Å². The number of rotatable bonds is 5. The third-order valence-electron chi connectivity index (χ3n) is 5.61. The minimum atomic E-state index is -0.269. The van der Waals surface area contributed by atoms with E-state index in [-0.39, 0.29) is 12.7 Å². The third kappa shape index (κ3) is 3.49. The van der Waals surface area contributed by atoms with Crippen LogP contribution in [0.3, 0.4) is 0 Å².